The molecule has 1 saturated heterocycles. The maximum Gasteiger partial charge on any atom is 0.530 e. The number of phosphoric ester groups is 1. The van der Waals surface area contributed by atoms with Crippen molar-refractivity contribution in [3.8, 4) is 5.75 Å². The third-order valence-corrected chi connectivity index (χ3v) is 5.22. The lowest BCUT2D eigenvalue weighted by atomic mass is 10.1. The maximum atomic E-state index is 13.6. The summed E-state index contributed by atoms with van der Waals surface area (Å²) in [4.78, 5) is 10.1. The van der Waals surface area contributed by atoms with E-state index in [1.165, 1.54) is 36.4 Å². The summed E-state index contributed by atoms with van der Waals surface area (Å²) in [7, 11) is -3.95. The van der Waals surface area contributed by atoms with E-state index in [-0.39, 0.29) is 23.1 Å². The van der Waals surface area contributed by atoms with E-state index in [0.717, 1.165) is 0 Å². The van der Waals surface area contributed by atoms with Gasteiger partial charge in [0, 0.05) is 18.6 Å². The molecule has 0 N–H and O–H groups in total. The average Bonchev–Trinajstić information content (AvgIpc) is 2.57. The molecule has 0 saturated carbocycles. The van der Waals surface area contributed by atoms with Crippen molar-refractivity contribution >= 4 is 25.1 Å². The van der Waals surface area contributed by atoms with Crippen LogP contribution >= 0.6 is 19.4 Å². The fraction of sp³-hybridized carbons (Fsp3) is 0.200. The zero-order chi connectivity index (χ0) is 18.0. The zero-order valence-corrected chi connectivity index (χ0v) is 14.3. The van der Waals surface area contributed by atoms with Gasteiger partial charge >= 0.3 is 7.82 Å². The summed E-state index contributed by atoms with van der Waals surface area (Å²) in [6, 6.07) is 9.14. The molecule has 25 heavy (non-hydrogen) atoms. The topological polar surface area (TPSA) is 87.9 Å². The highest BCUT2D eigenvalue weighted by Crippen LogP contribution is 2.56. The highest BCUT2D eigenvalue weighted by atomic mass is 35.5. The molecule has 1 heterocycles. The Balaban J connectivity index is 1.75. The predicted octanol–water partition coefficient (Wildman–Crippen LogP) is 5.05. The Morgan fingerprint density at radius 1 is 1.28 bits per heavy atom. The number of rotatable bonds is 4. The van der Waals surface area contributed by atoms with Gasteiger partial charge in [0.25, 0.3) is 5.69 Å². The Morgan fingerprint density at radius 2 is 2.00 bits per heavy atom. The second kappa shape index (κ2) is 7.09. The van der Waals surface area contributed by atoms with Crippen molar-refractivity contribution in [2.45, 2.75) is 12.5 Å². The molecule has 7 nitrogen and oxygen atoms in total. The quantitative estimate of drug-likeness (QED) is 0.414. The number of hydrogen-bond donors (Lipinski definition) is 0. The summed E-state index contributed by atoms with van der Waals surface area (Å²) in [5.41, 5.74) is 0.323. The first-order valence-corrected chi connectivity index (χ1v) is 9.02. The van der Waals surface area contributed by atoms with E-state index in [9.17, 15) is 19.1 Å². The van der Waals surface area contributed by atoms with Crippen LogP contribution in [0.3, 0.4) is 0 Å². The Hall–Kier alpha value is -1.99. The minimum absolute atomic E-state index is 0.0267. The Bertz CT molecular complexity index is 846. The van der Waals surface area contributed by atoms with Gasteiger partial charge in [-0.2, -0.15) is 0 Å². The SMILES string of the molecule is O=[N+]([O-])c1ccc(OP2(=O)OCCC(c3ccc(Cl)c(F)c3)O2)cc1. The Labute approximate surface area is 147 Å². The van der Waals surface area contributed by atoms with E-state index in [2.05, 4.69) is 0 Å². The van der Waals surface area contributed by atoms with Gasteiger partial charge in [-0.05, 0) is 29.8 Å². The second-order valence-electron chi connectivity index (χ2n) is 5.18. The van der Waals surface area contributed by atoms with Crippen molar-refractivity contribution in [2.75, 3.05) is 6.61 Å². The molecule has 2 atom stereocenters. The van der Waals surface area contributed by atoms with Crippen LogP contribution in [0.4, 0.5) is 10.1 Å². The molecular formula is C15H12ClFNO6P. The standard InChI is InChI=1S/C15H12ClFNO6P/c16-13-6-1-10(9-14(13)17)15-7-8-22-25(21,24-15)23-12-4-2-11(3-5-12)18(19)20/h1-6,9,15H,7-8H2. The van der Waals surface area contributed by atoms with Crippen LogP contribution in [0.2, 0.25) is 5.02 Å². The molecule has 1 aliphatic heterocycles. The molecule has 0 radical (unpaired) electrons. The minimum Gasteiger partial charge on any atom is -0.404 e. The molecule has 0 bridgehead atoms. The number of hydrogen-bond acceptors (Lipinski definition) is 6. The van der Waals surface area contributed by atoms with Gasteiger partial charge in [-0.15, -0.1) is 0 Å². The number of benzene rings is 2. The smallest absolute Gasteiger partial charge is 0.404 e. The summed E-state index contributed by atoms with van der Waals surface area (Å²) in [5, 5.41) is 10.6. The highest BCUT2D eigenvalue weighted by Gasteiger charge is 2.37. The predicted molar refractivity (Wildman–Crippen MR) is 87.1 cm³/mol. The number of halogens is 2. The van der Waals surface area contributed by atoms with Crippen LogP contribution in [0, 0.1) is 15.9 Å². The van der Waals surface area contributed by atoms with Gasteiger partial charge in [-0.25, -0.2) is 8.96 Å². The van der Waals surface area contributed by atoms with Gasteiger partial charge < -0.3 is 4.52 Å². The van der Waals surface area contributed by atoms with Crippen molar-refractivity contribution in [3.05, 3.63) is 69.0 Å². The highest BCUT2D eigenvalue weighted by molar-refractivity contribution is 7.49. The lowest BCUT2D eigenvalue weighted by molar-refractivity contribution is -0.384. The van der Waals surface area contributed by atoms with Crippen molar-refractivity contribution in [2.24, 2.45) is 0 Å². The summed E-state index contributed by atoms with van der Waals surface area (Å²) in [6.45, 7) is 0.0825. The summed E-state index contributed by atoms with van der Waals surface area (Å²) >= 11 is 5.65. The lowest BCUT2D eigenvalue weighted by Crippen LogP contribution is -2.16. The van der Waals surface area contributed by atoms with Crippen LogP contribution in [0.5, 0.6) is 5.75 Å². The Morgan fingerprint density at radius 3 is 2.64 bits per heavy atom. The molecule has 10 heteroatoms. The fourth-order valence-corrected chi connectivity index (χ4v) is 3.78. The molecule has 1 aliphatic rings. The number of nitro benzene ring substituents is 1. The van der Waals surface area contributed by atoms with Gasteiger partial charge in [0.05, 0.1) is 22.7 Å². The van der Waals surface area contributed by atoms with Gasteiger partial charge in [0.15, 0.2) is 0 Å². The largest absolute Gasteiger partial charge is 0.530 e. The summed E-state index contributed by atoms with van der Waals surface area (Å²) in [6.07, 6.45) is -0.335. The first kappa shape index (κ1) is 17.8. The number of phosphoric acid groups is 1. The molecule has 0 aliphatic carbocycles. The maximum absolute atomic E-state index is 13.6. The average molecular weight is 388 g/mol. The van der Waals surface area contributed by atoms with E-state index < -0.39 is 24.7 Å². The molecule has 0 spiro atoms. The third-order valence-electron chi connectivity index (χ3n) is 3.47. The minimum atomic E-state index is -3.95. The molecule has 3 rings (SSSR count). The van der Waals surface area contributed by atoms with Gasteiger partial charge in [0.2, 0.25) is 0 Å². The zero-order valence-electron chi connectivity index (χ0n) is 12.6. The molecule has 2 unspecified atom stereocenters. The van der Waals surface area contributed by atoms with Crippen molar-refractivity contribution in [3.63, 3.8) is 0 Å². The normalized spacial score (nSPS) is 23.2. The van der Waals surface area contributed by atoms with E-state index >= 15 is 0 Å². The molecule has 1 fully saturated rings. The van der Waals surface area contributed by atoms with Gasteiger partial charge in [0.1, 0.15) is 11.6 Å². The van der Waals surface area contributed by atoms with Crippen LogP contribution < -0.4 is 4.52 Å². The van der Waals surface area contributed by atoms with E-state index in [4.69, 9.17) is 25.2 Å². The molecule has 0 amide bonds. The fourth-order valence-electron chi connectivity index (χ4n) is 2.26. The van der Waals surface area contributed by atoms with Crippen LogP contribution in [-0.4, -0.2) is 11.5 Å². The van der Waals surface area contributed by atoms with Crippen molar-refractivity contribution in [1.29, 1.82) is 0 Å². The number of nitro groups is 1. The third kappa shape index (κ3) is 4.16. The van der Waals surface area contributed by atoms with Crippen LogP contribution in [0.25, 0.3) is 0 Å². The molecule has 2 aromatic carbocycles. The van der Waals surface area contributed by atoms with Crippen LogP contribution in [-0.2, 0) is 13.6 Å². The molecular weight excluding hydrogens is 376 g/mol. The van der Waals surface area contributed by atoms with E-state index in [1.54, 1.807) is 6.07 Å². The Kier molecular flexibility index (Phi) is 5.06. The monoisotopic (exact) mass is 387 g/mol. The molecule has 0 aromatic heterocycles. The first-order chi connectivity index (χ1) is 11.9. The number of nitrogens with zero attached hydrogens (tertiary/aromatic N) is 1. The molecule has 132 valence electrons. The van der Waals surface area contributed by atoms with Crippen molar-refractivity contribution < 1.29 is 27.5 Å². The number of non-ortho nitro benzene ring substituents is 1. The van der Waals surface area contributed by atoms with E-state index in [1.807, 2.05) is 0 Å². The van der Waals surface area contributed by atoms with Gasteiger partial charge in [-0.1, -0.05) is 17.7 Å². The van der Waals surface area contributed by atoms with Gasteiger partial charge in [-0.3, -0.25) is 19.2 Å². The van der Waals surface area contributed by atoms with Crippen LogP contribution in [0.1, 0.15) is 18.1 Å². The van der Waals surface area contributed by atoms with Crippen LogP contribution in [0.15, 0.2) is 42.5 Å². The van der Waals surface area contributed by atoms with Crippen molar-refractivity contribution in [1.82, 2.24) is 0 Å². The second-order valence-corrected chi connectivity index (χ2v) is 7.13. The van der Waals surface area contributed by atoms with E-state index in [0.29, 0.717) is 12.0 Å². The molecule has 2 aromatic rings. The lowest BCUT2D eigenvalue weighted by Gasteiger charge is -2.29. The summed E-state index contributed by atoms with van der Waals surface area (Å²) < 4.78 is 42.0. The summed E-state index contributed by atoms with van der Waals surface area (Å²) in [5.74, 6) is -0.516. The first-order valence-electron chi connectivity index (χ1n) is 7.18.